The summed E-state index contributed by atoms with van der Waals surface area (Å²) in [6.45, 7) is 20.0. The molecule has 0 amide bonds. The second-order valence-electron chi connectivity index (χ2n) is 2.91. The summed E-state index contributed by atoms with van der Waals surface area (Å²) in [5.41, 5.74) is 3.75. The van der Waals surface area contributed by atoms with Gasteiger partial charge in [0.2, 0.25) is 0 Å². The third kappa shape index (κ3) is 11.0. The first kappa shape index (κ1) is 20.4. The number of hydrogen-bond acceptors (Lipinski definition) is 0. The molecule has 0 unspecified atom stereocenters. The highest BCUT2D eigenvalue weighted by atomic mass is 14.0. The summed E-state index contributed by atoms with van der Waals surface area (Å²) < 4.78 is 0. The van der Waals surface area contributed by atoms with Gasteiger partial charge in [0.1, 0.15) is 0 Å². The molecule has 0 N–H and O–H groups in total. The number of rotatable bonds is 3. The van der Waals surface area contributed by atoms with Gasteiger partial charge in [-0.25, -0.2) is 0 Å². The number of allylic oxidation sites excluding steroid dienone is 7. The zero-order valence-corrected chi connectivity index (χ0v) is 12.5. The van der Waals surface area contributed by atoms with Gasteiger partial charge in [-0.2, -0.15) is 0 Å². The molecule has 0 aliphatic carbocycles. The van der Waals surface area contributed by atoms with Crippen molar-refractivity contribution in [2.24, 2.45) is 0 Å². The van der Waals surface area contributed by atoms with Crippen LogP contribution in [0.3, 0.4) is 0 Å². The van der Waals surface area contributed by atoms with E-state index in [1.54, 1.807) is 0 Å². The first-order valence-corrected chi connectivity index (χ1v) is 6.26. The Morgan fingerprint density at radius 3 is 1.38 bits per heavy atom. The maximum atomic E-state index is 3.77. The minimum Gasteiger partial charge on any atom is -0.0985 e. The monoisotopic (exact) mass is 222 g/mol. The molecule has 0 fully saturated rings. The summed E-state index contributed by atoms with van der Waals surface area (Å²) in [7, 11) is 0. The summed E-state index contributed by atoms with van der Waals surface area (Å²) in [4.78, 5) is 0. The van der Waals surface area contributed by atoms with Crippen LogP contribution in [0.5, 0.6) is 0 Å². The van der Waals surface area contributed by atoms with Crippen LogP contribution >= 0.6 is 0 Å². The SMILES string of the molecule is C=CC(=C/C)/C(C=C(C)C)=C\C.CC.CC. The van der Waals surface area contributed by atoms with Gasteiger partial charge in [0.15, 0.2) is 0 Å². The average molecular weight is 222 g/mol. The maximum absolute atomic E-state index is 3.77. The zero-order chi connectivity index (χ0) is 13.6. The lowest BCUT2D eigenvalue weighted by Gasteiger charge is -2.02. The van der Waals surface area contributed by atoms with E-state index < -0.39 is 0 Å². The molecule has 0 saturated heterocycles. The molecule has 94 valence electrons. The molecule has 0 radical (unpaired) electrons. The van der Waals surface area contributed by atoms with Gasteiger partial charge >= 0.3 is 0 Å². The van der Waals surface area contributed by atoms with Crippen LogP contribution in [0.4, 0.5) is 0 Å². The van der Waals surface area contributed by atoms with Crippen LogP contribution in [-0.2, 0) is 0 Å². The molecule has 0 nitrogen and oxygen atoms in total. The van der Waals surface area contributed by atoms with Gasteiger partial charge in [0, 0.05) is 0 Å². The van der Waals surface area contributed by atoms with Crippen LogP contribution < -0.4 is 0 Å². The summed E-state index contributed by atoms with van der Waals surface area (Å²) in [6, 6.07) is 0. The molecule has 0 heteroatoms. The lowest BCUT2D eigenvalue weighted by Crippen LogP contribution is -1.82. The van der Waals surface area contributed by atoms with Crippen molar-refractivity contribution in [3.63, 3.8) is 0 Å². The van der Waals surface area contributed by atoms with E-state index >= 15 is 0 Å². The van der Waals surface area contributed by atoms with Crippen LogP contribution in [0.1, 0.15) is 55.4 Å². The molecule has 0 aromatic carbocycles. The van der Waals surface area contributed by atoms with Crippen molar-refractivity contribution in [1.29, 1.82) is 0 Å². The Balaban J connectivity index is -0.000000376. The standard InChI is InChI=1S/C12H18.2C2H6/c1-6-11(7-2)12(8-3)9-10(4)5;2*1-2/h6-9H,1H2,2-5H3;2*1-2H3/b11-7-,12-8-;;. The fraction of sp³-hybridized carbons (Fsp3) is 0.500. The third-order valence-electron chi connectivity index (χ3n) is 1.62. The van der Waals surface area contributed by atoms with E-state index in [2.05, 4.69) is 38.7 Å². The molecule has 0 aliphatic rings. The molecule has 0 aromatic heterocycles. The second-order valence-corrected chi connectivity index (χ2v) is 2.91. The van der Waals surface area contributed by atoms with E-state index in [0.29, 0.717) is 0 Å². The van der Waals surface area contributed by atoms with Gasteiger partial charge < -0.3 is 0 Å². The van der Waals surface area contributed by atoms with E-state index in [9.17, 15) is 0 Å². The number of hydrogen-bond donors (Lipinski definition) is 0. The second kappa shape index (κ2) is 16.4. The molecule has 0 bridgehead atoms. The topological polar surface area (TPSA) is 0 Å². The molecule has 0 heterocycles. The van der Waals surface area contributed by atoms with Crippen molar-refractivity contribution in [3.8, 4) is 0 Å². The third-order valence-corrected chi connectivity index (χ3v) is 1.62. The lowest BCUT2D eigenvalue weighted by molar-refractivity contribution is 1.35. The van der Waals surface area contributed by atoms with Crippen molar-refractivity contribution < 1.29 is 0 Å². The van der Waals surface area contributed by atoms with Crippen LogP contribution in [-0.4, -0.2) is 0 Å². The van der Waals surface area contributed by atoms with Gasteiger partial charge in [-0.1, -0.05) is 64.2 Å². The molecular formula is C16H30. The molecular weight excluding hydrogens is 192 g/mol. The largest absolute Gasteiger partial charge is 0.0985 e. The summed E-state index contributed by atoms with van der Waals surface area (Å²) in [6.07, 6.45) is 8.22. The van der Waals surface area contributed by atoms with Crippen LogP contribution in [0.2, 0.25) is 0 Å². The Kier molecular flexibility index (Phi) is 20.9. The van der Waals surface area contributed by atoms with Crippen LogP contribution in [0.15, 0.2) is 47.6 Å². The molecule has 0 atom stereocenters. The molecule has 0 rings (SSSR count). The van der Waals surface area contributed by atoms with Gasteiger partial charge in [0.25, 0.3) is 0 Å². The average Bonchev–Trinajstić information content (AvgIpc) is 2.34. The van der Waals surface area contributed by atoms with Crippen molar-refractivity contribution in [2.75, 3.05) is 0 Å². The molecule has 0 spiro atoms. The Morgan fingerprint density at radius 1 is 0.812 bits per heavy atom. The van der Waals surface area contributed by atoms with E-state index in [1.165, 1.54) is 16.7 Å². The highest BCUT2D eigenvalue weighted by molar-refractivity contribution is 5.45. The predicted molar refractivity (Wildman–Crippen MR) is 79.8 cm³/mol. The van der Waals surface area contributed by atoms with E-state index in [0.717, 1.165) is 0 Å². The smallest absolute Gasteiger partial charge is 0.0231 e. The lowest BCUT2D eigenvalue weighted by atomic mass is 10.0. The molecule has 0 saturated carbocycles. The van der Waals surface area contributed by atoms with Gasteiger partial charge in [-0.05, 0) is 38.8 Å². The summed E-state index contributed by atoms with van der Waals surface area (Å²) in [5, 5.41) is 0. The Labute approximate surface area is 103 Å². The van der Waals surface area contributed by atoms with Crippen LogP contribution in [0, 0.1) is 0 Å². The van der Waals surface area contributed by atoms with Crippen molar-refractivity contribution in [3.05, 3.63) is 47.6 Å². The predicted octanol–water partition coefficient (Wildman–Crippen LogP) is 6.08. The van der Waals surface area contributed by atoms with Gasteiger partial charge in [-0.3, -0.25) is 0 Å². The fourth-order valence-electron chi connectivity index (χ4n) is 1.05. The normalized spacial score (nSPS) is 10.2. The van der Waals surface area contributed by atoms with E-state index in [1.807, 2.05) is 47.6 Å². The van der Waals surface area contributed by atoms with Gasteiger partial charge in [-0.15, -0.1) is 0 Å². The fourth-order valence-corrected chi connectivity index (χ4v) is 1.05. The summed E-state index contributed by atoms with van der Waals surface area (Å²) >= 11 is 0. The molecule has 0 aromatic rings. The van der Waals surface area contributed by atoms with E-state index in [-0.39, 0.29) is 0 Å². The highest BCUT2D eigenvalue weighted by Gasteiger charge is 1.94. The van der Waals surface area contributed by atoms with E-state index in [4.69, 9.17) is 0 Å². The van der Waals surface area contributed by atoms with Gasteiger partial charge in [0.05, 0.1) is 0 Å². The Hall–Kier alpha value is -1.04. The molecule has 0 aliphatic heterocycles. The minimum absolute atomic E-state index is 1.19. The van der Waals surface area contributed by atoms with Crippen molar-refractivity contribution in [1.82, 2.24) is 0 Å². The van der Waals surface area contributed by atoms with Crippen molar-refractivity contribution >= 4 is 0 Å². The zero-order valence-electron chi connectivity index (χ0n) is 12.5. The maximum Gasteiger partial charge on any atom is -0.0231 e. The highest BCUT2D eigenvalue weighted by Crippen LogP contribution is 2.14. The quantitative estimate of drug-likeness (QED) is 0.507. The minimum atomic E-state index is 1.19. The van der Waals surface area contributed by atoms with Crippen molar-refractivity contribution in [2.45, 2.75) is 55.4 Å². The first-order chi connectivity index (χ1) is 7.65. The van der Waals surface area contributed by atoms with Crippen LogP contribution in [0.25, 0.3) is 0 Å². The molecule has 16 heavy (non-hydrogen) atoms. The first-order valence-electron chi connectivity index (χ1n) is 6.26. The Bertz CT molecular complexity index is 233. The Morgan fingerprint density at radius 2 is 1.19 bits per heavy atom. The summed E-state index contributed by atoms with van der Waals surface area (Å²) in [5.74, 6) is 0.